The molecule has 0 radical (unpaired) electrons. The Morgan fingerprint density at radius 1 is 1.62 bits per heavy atom. The van der Waals surface area contributed by atoms with Crippen LogP contribution in [0, 0.1) is 5.92 Å². The van der Waals surface area contributed by atoms with Crippen molar-refractivity contribution < 1.29 is 4.79 Å². The highest BCUT2D eigenvalue weighted by Crippen LogP contribution is 2.03. The first-order valence-corrected chi connectivity index (χ1v) is 5.18. The summed E-state index contributed by atoms with van der Waals surface area (Å²) in [6.45, 7) is 6.16. The van der Waals surface area contributed by atoms with E-state index in [2.05, 4.69) is 24.5 Å². The van der Waals surface area contributed by atoms with E-state index in [0.29, 0.717) is 18.4 Å². The van der Waals surface area contributed by atoms with E-state index in [1.807, 2.05) is 0 Å². The second kappa shape index (κ2) is 5.22. The van der Waals surface area contributed by atoms with Crippen LogP contribution < -0.4 is 10.6 Å². The topological polar surface area (TPSA) is 41.1 Å². The third kappa shape index (κ3) is 4.27. The third-order valence-corrected chi connectivity index (χ3v) is 2.26. The van der Waals surface area contributed by atoms with Crippen LogP contribution in [0.2, 0.25) is 0 Å². The Bertz CT molecular complexity index is 162. The molecule has 1 heterocycles. The van der Waals surface area contributed by atoms with Crippen molar-refractivity contribution in [2.24, 2.45) is 5.92 Å². The minimum atomic E-state index is 0.198. The van der Waals surface area contributed by atoms with Crippen LogP contribution in [0.15, 0.2) is 0 Å². The van der Waals surface area contributed by atoms with E-state index in [1.165, 1.54) is 6.42 Å². The smallest absolute Gasteiger partial charge is 0.220 e. The molecule has 0 saturated carbocycles. The van der Waals surface area contributed by atoms with E-state index in [9.17, 15) is 4.79 Å². The van der Waals surface area contributed by atoms with E-state index in [-0.39, 0.29) is 5.91 Å². The molecule has 1 rings (SSSR count). The number of carbonyl (C=O) groups is 1. The third-order valence-electron chi connectivity index (χ3n) is 2.26. The second-order valence-corrected chi connectivity index (χ2v) is 4.21. The molecular formula is C10H20N2O. The van der Waals surface area contributed by atoms with Crippen LogP contribution in [0.5, 0.6) is 0 Å². The lowest BCUT2D eigenvalue weighted by atomic mass is 10.1. The first-order chi connectivity index (χ1) is 6.18. The Kier molecular flexibility index (Phi) is 4.22. The lowest BCUT2D eigenvalue weighted by molar-refractivity contribution is -0.122. The standard InChI is InChI=1S/C10H20N2O/c1-8(2)6-10(13)12-9-4-3-5-11-7-9/h8-9,11H,3-7H2,1-2H3,(H,12,13). The molecule has 3 heteroatoms. The summed E-state index contributed by atoms with van der Waals surface area (Å²) in [5.74, 6) is 0.653. The first-order valence-electron chi connectivity index (χ1n) is 5.18. The number of amides is 1. The summed E-state index contributed by atoms with van der Waals surface area (Å²) < 4.78 is 0. The van der Waals surface area contributed by atoms with Gasteiger partial charge in [0.2, 0.25) is 5.91 Å². The van der Waals surface area contributed by atoms with Gasteiger partial charge in [0.15, 0.2) is 0 Å². The minimum Gasteiger partial charge on any atom is -0.352 e. The van der Waals surface area contributed by atoms with E-state index < -0.39 is 0 Å². The highest BCUT2D eigenvalue weighted by atomic mass is 16.1. The first kappa shape index (κ1) is 10.5. The van der Waals surface area contributed by atoms with Gasteiger partial charge < -0.3 is 10.6 Å². The number of hydrogen-bond acceptors (Lipinski definition) is 2. The molecule has 1 atom stereocenters. The molecule has 2 N–H and O–H groups in total. The van der Waals surface area contributed by atoms with Gasteiger partial charge in [-0.15, -0.1) is 0 Å². The second-order valence-electron chi connectivity index (χ2n) is 4.21. The normalized spacial score (nSPS) is 23.2. The Morgan fingerprint density at radius 3 is 2.92 bits per heavy atom. The van der Waals surface area contributed by atoms with Gasteiger partial charge in [0, 0.05) is 19.0 Å². The van der Waals surface area contributed by atoms with Crippen molar-refractivity contribution in [2.75, 3.05) is 13.1 Å². The summed E-state index contributed by atoms with van der Waals surface area (Å²) >= 11 is 0. The predicted molar refractivity (Wildman–Crippen MR) is 53.5 cm³/mol. The summed E-state index contributed by atoms with van der Waals surface area (Å²) in [7, 11) is 0. The Balaban J connectivity index is 2.18. The van der Waals surface area contributed by atoms with Crippen LogP contribution in [0.4, 0.5) is 0 Å². The fraction of sp³-hybridized carbons (Fsp3) is 0.900. The predicted octanol–water partition coefficient (Wildman–Crippen LogP) is 0.901. The quantitative estimate of drug-likeness (QED) is 0.684. The van der Waals surface area contributed by atoms with Gasteiger partial charge in [0.05, 0.1) is 0 Å². The Labute approximate surface area is 80.3 Å². The number of nitrogens with one attached hydrogen (secondary N) is 2. The SMILES string of the molecule is CC(C)CC(=O)NC1CCCNC1. The molecule has 0 aliphatic carbocycles. The molecule has 0 spiro atoms. The molecular weight excluding hydrogens is 164 g/mol. The molecule has 0 aromatic heterocycles. The van der Waals surface area contributed by atoms with E-state index in [0.717, 1.165) is 19.5 Å². The fourth-order valence-electron chi connectivity index (χ4n) is 1.63. The zero-order chi connectivity index (χ0) is 9.68. The van der Waals surface area contributed by atoms with Crippen LogP contribution in [-0.2, 0) is 4.79 Å². The van der Waals surface area contributed by atoms with Gasteiger partial charge in [0.1, 0.15) is 0 Å². The van der Waals surface area contributed by atoms with Crippen LogP contribution in [0.1, 0.15) is 33.1 Å². The number of rotatable bonds is 3. The van der Waals surface area contributed by atoms with E-state index in [1.54, 1.807) is 0 Å². The summed E-state index contributed by atoms with van der Waals surface area (Å²) in [5, 5.41) is 6.33. The number of piperidine rings is 1. The molecule has 0 bridgehead atoms. The van der Waals surface area contributed by atoms with Crippen molar-refractivity contribution in [3.05, 3.63) is 0 Å². The van der Waals surface area contributed by atoms with Crippen molar-refractivity contribution >= 4 is 5.91 Å². The highest BCUT2D eigenvalue weighted by molar-refractivity contribution is 5.76. The van der Waals surface area contributed by atoms with Gasteiger partial charge >= 0.3 is 0 Å². The van der Waals surface area contributed by atoms with Crippen molar-refractivity contribution in [2.45, 2.75) is 39.2 Å². The molecule has 0 aromatic rings. The van der Waals surface area contributed by atoms with Gasteiger partial charge in [-0.1, -0.05) is 13.8 Å². The van der Waals surface area contributed by atoms with Crippen molar-refractivity contribution in [3.63, 3.8) is 0 Å². The fourth-order valence-corrected chi connectivity index (χ4v) is 1.63. The van der Waals surface area contributed by atoms with Gasteiger partial charge in [-0.3, -0.25) is 4.79 Å². The maximum absolute atomic E-state index is 11.4. The molecule has 1 saturated heterocycles. The molecule has 1 aliphatic rings. The van der Waals surface area contributed by atoms with E-state index in [4.69, 9.17) is 0 Å². The average Bonchev–Trinajstić information content (AvgIpc) is 2.04. The van der Waals surface area contributed by atoms with Crippen molar-refractivity contribution in [3.8, 4) is 0 Å². The molecule has 13 heavy (non-hydrogen) atoms. The average molecular weight is 184 g/mol. The summed E-state index contributed by atoms with van der Waals surface area (Å²) in [6, 6.07) is 0.361. The lowest BCUT2D eigenvalue weighted by Crippen LogP contribution is -2.45. The molecule has 1 aliphatic heterocycles. The largest absolute Gasteiger partial charge is 0.352 e. The number of carbonyl (C=O) groups excluding carboxylic acids is 1. The molecule has 1 amide bonds. The number of hydrogen-bond donors (Lipinski definition) is 2. The summed E-state index contributed by atoms with van der Waals surface area (Å²) in [4.78, 5) is 11.4. The molecule has 1 unspecified atom stereocenters. The van der Waals surface area contributed by atoms with Crippen molar-refractivity contribution in [1.29, 1.82) is 0 Å². The molecule has 0 aromatic carbocycles. The van der Waals surface area contributed by atoms with Crippen LogP contribution in [0.25, 0.3) is 0 Å². The van der Waals surface area contributed by atoms with Gasteiger partial charge in [-0.2, -0.15) is 0 Å². The zero-order valence-electron chi connectivity index (χ0n) is 8.60. The van der Waals surface area contributed by atoms with Gasteiger partial charge in [0.25, 0.3) is 0 Å². The maximum Gasteiger partial charge on any atom is 0.220 e. The van der Waals surface area contributed by atoms with Crippen LogP contribution >= 0.6 is 0 Å². The van der Waals surface area contributed by atoms with Crippen LogP contribution in [0.3, 0.4) is 0 Å². The molecule has 3 nitrogen and oxygen atoms in total. The minimum absolute atomic E-state index is 0.198. The van der Waals surface area contributed by atoms with Crippen molar-refractivity contribution in [1.82, 2.24) is 10.6 Å². The monoisotopic (exact) mass is 184 g/mol. The van der Waals surface area contributed by atoms with Gasteiger partial charge in [-0.25, -0.2) is 0 Å². The molecule has 76 valence electrons. The summed E-state index contributed by atoms with van der Waals surface area (Å²) in [6.07, 6.45) is 2.94. The lowest BCUT2D eigenvalue weighted by Gasteiger charge is -2.24. The highest BCUT2D eigenvalue weighted by Gasteiger charge is 2.15. The van der Waals surface area contributed by atoms with Gasteiger partial charge in [-0.05, 0) is 25.3 Å². The van der Waals surface area contributed by atoms with Crippen LogP contribution in [-0.4, -0.2) is 25.0 Å². The Morgan fingerprint density at radius 2 is 2.38 bits per heavy atom. The maximum atomic E-state index is 11.4. The summed E-state index contributed by atoms with van der Waals surface area (Å²) in [5.41, 5.74) is 0. The zero-order valence-corrected chi connectivity index (χ0v) is 8.60. The molecule has 1 fully saturated rings. The van der Waals surface area contributed by atoms with E-state index >= 15 is 0 Å². The Hall–Kier alpha value is -0.570.